The van der Waals surface area contributed by atoms with Crippen molar-refractivity contribution in [1.29, 1.82) is 0 Å². The Bertz CT molecular complexity index is 482. The lowest BCUT2D eigenvalue weighted by atomic mass is 9.86. The lowest BCUT2D eigenvalue weighted by Crippen LogP contribution is -2.24. The number of benzene rings is 1. The summed E-state index contributed by atoms with van der Waals surface area (Å²) in [7, 11) is 0. The first kappa shape index (κ1) is 16.1. The van der Waals surface area contributed by atoms with Crippen LogP contribution in [0.3, 0.4) is 0 Å². The second kappa shape index (κ2) is 7.64. The van der Waals surface area contributed by atoms with E-state index in [-0.39, 0.29) is 0 Å². The summed E-state index contributed by atoms with van der Waals surface area (Å²) in [6.45, 7) is 4.83. The van der Waals surface area contributed by atoms with Crippen molar-refractivity contribution in [2.24, 2.45) is 11.7 Å². The minimum atomic E-state index is 0.294. The van der Waals surface area contributed by atoms with Crippen LogP contribution in [0.15, 0.2) is 18.2 Å². The molecule has 21 heavy (non-hydrogen) atoms. The summed E-state index contributed by atoms with van der Waals surface area (Å²) in [5.41, 5.74) is 6.49. The van der Waals surface area contributed by atoms with E-state index in [9.17, 15) is 0 Å². The molecule has 2 N–H and O–H groups in total. The maximum atomic E-state index is 6.16. The molecule has 3 nitrogen and oxygen atoms in total. The first-order valence-electron chi connectivity index (χ1n) is 7.87. The van der Waals surface area contributed by atoms with E-state index in [1.807, 2.05) is 25.1 Å². The van der Waals surface area contributed by atoms with Crippen LogP contribution in [0, 0.1) is 5.92 Å². The Morgan fingerprint density at radius 3 is 2.48 bits per heavy atom. The van der Waals surface area contributed by atoms with Gasteiger partial charge < -0.3 is 15.2 Å². The van der Waals surface area contributed by atoms with Gasteiger partial charge in [0.15, 0.2) is 11.5 Å². The smallest absolute Gasteiger partial charge is 0.161 e. The summed E-state index contributed by atoms with van der Waals surface area (Å²) < 4.78 is 11.8. The summed E-state index contributed by atoms with van der Waals surface area (Å²) in [5, 5.41) is 0. The molecule has 1 aromatic rings. The van der Waals surface area contributed by atoms with E-state index in [2.05, 4.69) is 6.92 Å². The van der Waals surface area contributed by atoms with Crippen LogP contribution in [0.5, 0.6) is 11.5 Å². The van der Waals surface area contributed by atoms with Crippen molar-refractivity contribution < 1.29 is 9.47 Å². The molecule has 0 spiro atoms. The fraction of sp³-hybridized carbons (Fsp3) is 0.588. The predicted octanol–water partition coefficient (Wildman–Crippen LogP) is 4.07. The molecule has 1 aromatic carbocycles. The molecule has 1 aliphatic carbocycles. The zero-order valence-electron chi connectivity index (χ0n) is 12.9. The number of hydrogen-bond donors (Lipinski definition) is 1. The third-order valence-corrected chi connectivity index (χ3v) is 4.43. The molecule has 0 aromatic heterocycles. The first-order chi connectivity index (χ1) is 10.1. The second-order valence-electron chi connectivity index (χ2n) is 5.63. The third-order valence-electron chi connectivity index (χ3n) is 4.19. The SMILES string of the molecule is CCOc1cc(C(N)=S)ccc1OC1CCC(CC)CC1. The van der Waals surface area contributed by atoms with Crippen LogP contribution in [0.25, 0.3) is 0 Å². The molecule has 0 amide bonds. The van der Waals surface area contributed by atoms with Crippen LogP contribution < -0.4 is 15.2 Å². The Balaban J connectivity index is 2.06. The molecule has 2 rings (SSSR count). The van der Waals surface area contributed by atoms with Gasteiger partial charge in [0.1, 0.15) is 4.99 Å². The number of thiocarbonyl (C=S) groups is 1. The molecule has 1 fully saturated rings. The van der Waals surface area contributed by atoms with E-state index in [1.165, 1.54) is 19.3 Å². The van der Waals surface area contributed by atoms with Crippen molar-refractivity contribution in [3.8, 4) is 11.5 Å². The van der Waals surface area contributed by atoms with Crippen LogP contribution in [-0.2, 0) is 0 Å². The molecule has 1 aliphatic rings. The van der Waals surface area contributed by atoms with Gasteiger partial charge in [0, 0.05) is 5.56 Å². The standard InChI is InChI=1S/C17H25NO2S/c1-3-12-5-8-14(9-6-12)20-15-10-7-13(17(18)21)11-16(15)19-4-2/h7,10-12,14H,3-6,8-9H2,1-2H3,(H2,18,21). The van der Waals surface area contributed by atoms with Crippen LogP contribution in [0.2, 0.25) is 0 Å². The lowest BCUT2D eigenvalue weighted by Gasteiger charge is -2.29. The maximum Gasteiger partial charge on any atom is 0.161 e. The second-order valence-corrected chi connectivity index (χ2v) is 6.07. The average Bonchev–Trinajstić information content (AvgIpc) is 2.50. The van der Waals surface area contributed by atoms with Gasteiger partial charge in [-0.3, -0.25) is 0 Å². The number of hydrogen-bond acceptors (Lipinski definition) is 3. The molecule has 116 valence electrons. The van der Waals surface area contributed by atoms with E-state index < -0.39 is 0 Å². The molecular weight excluding hydrogens is 282 g/mol. The van der Waals surface area contributed by atoms with Gasteiger partial charge in [-0.1, -0.05) is 25.6 Å². The largest absolute Gasteiger partial charge is 0.490 e. The van der Waals surface area contributed by atoms with Gasteiger partial charge >= 0.3 is 0 Å². The fourth-order valence-electron chi connectivity index (χ4n) is 2.86. The molecule has 1 saturated carbocycles. The van der Waals surface area contributed by atoms with Crippen LogP contribution in [0.1, 0.15) is 51.5 Å². The molecule has 0 saturated heterocycles. The minimum absolute atomic E-state index is 0.294. The van der Waals surface area contributed by atoms with Crippen LogP contribution in [0.4, 0.5) is 0 Å². The predicted molar refractivity (Wildman–Crippen MR) is 90.2 cm³/mol. The topological polar surface area (TPSA) is 44.5 Å². The highest BCUT2D eigenvalue weighted by Gasteiger charge is 2.22. The van der Waals surface area contributed by atoms with Gasteiger partial charge in [0.2, 0.25) is 0 Å². The molecule has 0 bridgehead atoms. The number of nitrogens with two attached hydrogens (primary N) is 1. The molecule has 4 heteroatoms. The van der Waals surface area contributed by atoms with Gasteiger partial charge in [0.25, 0.3) is 0 Å². The molecule has 0 aliphatic heterocycles. The van der Waals surface area contributed by atoms with Crippen molar-refractivity contribution in [1.82, 2.24) is 0 Å². The van der Waals surface area contributed by atoms with Crippen molar-refractivity contribution >= 4 is 17.2 Å². The average molecular weight is 307 g/mol. The quantitative estimate of drug-likeness (QED) is 0.805. The zero-order chi connectivity index (χ0) is 15.2. The highest BCUT2D eigenvalue weighted by molar-refractivity contribution is 7.80. The minimum Gasteiger partial charge on any atom is -0.490 e. The van der Waals surface area contributed by atoms with Crippen molar-refractivity contribution in [3.63, 3.8) is 0 Å². The summed E-state index contributed by atoms with van der Waals surface area (Å²) in [6.07, 6.45) is 6.34. The fourth-order valence-corrected chi connectivity index (χ4v) is 2.99. The van der Waals surface area contributed by atoms with Crippen molar-refractivity contribution in [2.45, 2.75) is 52.1 Å². The molecule has 0 atom stereocenters. The van der Waals surface area contributed by atoms with Crippen LogP contribution in [-0.4, -0.2) is 17.7 Å². The highest BCUT2D eigenvalue weighted by atomic mass is 32.1. The third kappa shape index (κ3) is 4.34. The zero-order valence-corrected chi connectivity index (χ0v) is 13.7. The van der Waals surface area contributed by atoms with E-state index in [0.29, 0.717) is 17.7 Å². The van der Waals surface area contributed by atoms with Gasteiger partial charge in [-0.05, 0) is 56.7 Å². The molecule has 0 unspecified atom stereocenters. The van der Waals surface area contributed by atoms with E-state index in [4.69, 9.17) is 27.4 Å². The first-order valence-corrected chi connectivity index (χ1v) is 8.28. The van der Waals surface area contributed by atoms with Gasteiger partial charge in [-0.2, -0.15) is 0 Å². The van der Waals surface area contributed by atoms with Gasteiger partial charge in [0.05, 0.1) is 12.7 Å². The highest BCUT2D eigenvalue weighted by Crippen LogP contribution is 2.34. The lowest BCUT2D eigenvalue weighted by molar-refractivity contribution is 0.125. The van der Waals surface area contributed by atoms with E-state index >= 15 is 0 Å². The number of rotatable bonds is 6. The summed E-state index contributed by atoms with van der Waals surface area (Å²) in [5.74, 6) is 2.41. The van der Waals surface area contributed by atoms with Crippen molar-refractivity contribution in [2.75, 3.05) is 6.61 Å². The summed E-state index contributed by atoms with van der Waals surface area (Å²) in [4.78, 5) is 0.381. The van der Waals surface area contributed by atoms with Crippen molar-refractivity contribution in [3.05, 3.63) is 23.8 Å². The van der Waals surface area contributed by atoms with Gasteiger partial charge in [-0.25, -0.2) is 0 Å². The van der Waals surface area contributed by atoms with E-state index in [0.717, 1.165) is 35.8 Å². The Labute approximate surface area is 132 Å². The Hall–Kier alpha value is -1.29. The number of ether oxygens (including phenoxy) is 2. The summed E-state index contributed by atoms with van der Waals surface area (Å²) >= 11 is 5.02. The monoisotopic (exact) mass is 307 g/mol. The maximum absolute atomic E-state index is 6.16. The van der Waals surface area contributed by atoms with E-state index in [1.54, 1.807) is 0 Å². The Morgan fingerprint density at radius 2 is 1.90 bits per heavy atom. The normalized spacial score (nSPS) is 21.8. The van der Waals surface area contributed by atoms with Gasteiger partial charge in [-0.15, -0.1) is 0 Å². The molecule has 0 heterocycles. The molecule has 0 radical (unpaired) electrons. The summed E-state index contributed by atoms with van der Waals surface area (Å²) in [6, 6.07) is 5.70. The Morgan fingerprint density at radius 1 is 1.19 bits per heavy atom. The molecular formula is C17H25NO2S. The Kier molecular flexibility index (Phi) is 5.85. The van der Waals surface area contributed by atoms with Crippen LogP contribution >= 0.6 is 12.2 Å².